The van der Waals surface area contributed by atoms with E-state index in [1.165, 1.54) is 0 Å². The van der Waals surface area contributed by atoms with Crippen molar-refractivity contribution in [1.29, 1.82) is 0 Å². The van der Waals surface area contributed by atoms with Crippen LogP contribution in [0.5, 0.6) is 5.75 Å². The van der Waals surface area contributed by atoms with Gasteiger partial charge in [0, 0.05) is 41.4 Å². The number of hydrogen-bond donors (Lipinski definition) is 2. The molecule has 3 aromatic heterocycles. The van der Waals surface area contributed by atoms with Crippen molar-refractivity contribution in [2.24, 2.45) is 0 Å². The van der Waals surface area contributed by atoms with Gasteiger partial charge in [-0.1, -0.05) is 0 Å². The van der Waals surface area contributed by atoms with Crippen molar-refractivity contribution in [2.75, 3.05) is 18.5 Å². The summed E-state index contributed by atoms with van der Waals surface area (Å²) in [5, 5.41) is 3.92. The summed E-state index contributed by atoms with van der Waals surface area (Å²) in [6.07, 6.45) is 8.96. The Hall–Kier alpha value is -4.79. The third-order valence-corrected chi connectivity index (χ3v) is 5.87. The summed E-state index contributed by atoms with van der Waals surface area (Å²) < 4.78 is 18.9. The highest BCUT2D eigenvalue weighted by Gasteiger charge is 2.37. The number of H-pyrrole nitrogens is 1. The van der Waals surface area contributed by atoms with Crippen LogP contribution in [-0.2, 0) is 25.6 Å². The number of hydrogen-bond acceptors (Lipinski definition) is 7. The van der Waals surface area contributed by atoms with Crippen LogP contribution in [0.4, 0.5) is 5.69 Å². The number of nitrogens with zero attached hydrogens (tertiary/aromatic N) is 2. The number of rotatable bonds is 9. The molecule has 188 valence electrons. The number of fused-ring (bicyclic) bond motifs is 1. The summed E-state index contributed by atoms with van der Waals surface area (Å²) in [4.78, 5) is 33.2. The van der Waals surface area contributed by atoms with E-state index in [4.69, 9.17) is 14.2 Å². The number of ether oxygens (including phenoxy) is 3. The van der Waals surface area contributed by atoms with Gasteiger partial charge in [-0.15, -0.1) is 0 Å². The molecule has 0 radical (unpaired) electrons. The predicted octanol–water partition coefficient (Wildman–Crippen LogP) is 4.58. The molecule has 5 rings (SSSR count). The van der Waals surface area contributed by atoms with Crippen molar-refractivity contribution in [1.82, 2.24) is 14.5 Å². The quantitative estimate of drug-likeness (QED) is 0.198. The normalized spacial score (nSPS) is 14.3. The van der Waals surface area contributed by atoms with Crippen LogP contribution in [-0.4, -0.2) is 39.5 Å². The molecule has 1 aliphatic rings. The number of aromatic nitrogens is 3. The molecule has 0 spiro atoms. The number of ketones is 1. The van der Waals surface area contributed by atoms with Gasteiger partial charge >= 0.3 is 5.97 Å². The van der Waals surface area contributed by atoms with E-state index >= 15 is 0 Å². The van der Waals surface area contributed by atoms with E-state index in [2.05, 4.69) is 15.3 Å². The Balaban J connectivity index is 1.36. The lowest BCUT2D eigenvalue weighted by Gasteiger charge is -2.13. The number of nitrogens with one attached hydrogen (secondary N) is 2. The van der Waals surface area contributed by atoms with Crippen LogP contribution in [0.2, 0.25) is 0 Å². The Bertz CT molecular complexity index is 1510. The average molecular weight is 499 g/mol. The first-order chi connectivity index (χ1) is 18.0. The highest BCUT2D eigenvalue weighted by atomic mass is 16.5. The van der Waals surface area contributed by atoms with E-state index < -0.39 is 11.8 Å². The van der Waals surface area contributed by atoms with Crippen molar-refractivity contribution in [2.45, 2.75) is 20.4 Å². The number of anilines is 1. The fourth-order valence-corrected chi connectivity index (χ4v) is 4.02. The second kappa shape index (κ2) is 10.4. The lowest BCUT2D eigenvalue weighted by molar-refractivity contribution is -0.139. The molecular formula is C28H26N4O5. The number of aryl methyl sites for hydroxylation is 1. The minimum atomic E-state index is -0.749. The highest BCUT2D eigenvalue weighted by molar-refractivity contribution is 6.26. The van der Waals surface area contributed by atoms with E-state index in [9.17, 15) is 9.59 Å². The summed E-state index contributed by atoms with van der Waals surface area (Å²) in [6, 6.07) is 13.2. The smallest absolute Gasteiger partial charge is 0.347 e. The number of pyridine rings is 1. The van der Waals surface area contributed by atoms with Gasteiger partial charge in [0.25, 0.3) is 0 Å². The third-order valence-electron chi connectivity index (χ3n) is 5.87. The molecule has 0 aliphatic carbocycles. The molecule has 0 bridgehead atoms. The topological polar surface area (TPSA) is 107 Å². The zero-order chi connectivity index (χ0) is 25.8. The van der Waals surface area contributed by atoms with E-state index in [1.807, 2.05) is 60.3 Å². The van der Waals surface area contributed by atoms with Gasteiger partial charge in [-0.25, -0.2) is 9.78 Å². The van der Waals surface area contributed by atoms with Crippen molar-refractivity contribution < 1.29 is 23.8 Å². The minimum absolute atomic E-state index is 0.0120. The van der Waals surface area contributed by atoms with Crippen LogP contribution in [0.3, 0.4) is 0 Å². The standard InChI is InChI=1S/C28H26N4O5/c1-3-35-28(34)24-25(33)23(16-19-17-30-26-21(19)7-6-10-29-26)37-27(24)31-22-9-8-20(15-18(22)2)36-14-13-32-11-4-5-12-32/h4-12,15-17,31H,3,13-14H2,1-2H3,(H,29,30). The van der Waals surface area contributed by atoms with Crippen LogP contribution < -0.4 is 10.1 Å². The van der Waals surface area contributed by atoms with E-state index in [-0.39, 0.29) is 23.8 Å². The molecule has 2 N–H and O–H groups in total. The minimum Gasteiger partial charge on any atom is -0.492 e. The molecule has 9 nitrogen and oxygen atoms in total. The van der Waals surface area contributed by atoms with Crippen LogP contribution in [0.25, 0.3) is 17.1 Å². The Kier molecular flexibility index (Phi) is 6.76. The number of allylic oxidation sites excluding steroid dienone is 1. The van der Waals surface area contributed by atoms with E-state index in [1.54, 1.807) is 31.5 Å². The first-order valence-corrected chi connectivity index (χ1v) is 11.9. The molecule has 0 unspecified atom stereocenters. The Labute approximate surface area is 213 Å². The fraction of sp³-hybridized carbons (Fsp3) is 0.179. The van der Waals surface area contributed by atoms with Crippen molar-refractivity contribution in [3.8, 4) is 5.75 Å². The zero-order valence-electron chi connectivity index (χ0n) is 20.5. The summed E-state index contributed by atoms with van der Waals surface area (Å²) in [7, 11) is 0. The maximum atomic E-state index is 13.2. The highest BCUT2D eigenvalue weighted by Crippen LogP contribution is 2.32. The van der Waals surface area contributed by atoms with Gasteiger partial charge in [0.15, 0.2) is 11.3 Å². The molecule has 0 amide bonds. The van der Waals surface area contributed by atoms with Crippen LogP contribution in [0.1, 0.15) is 18.1 Å². The zero-order valence-corrected chi connectivity index (χ0v) is 20.5. The molecule has 4 aromatic rings. The molecule has 0 atom stereocenters. The summed E-state index contributed by atoms with van der Waals surface area (Å²) in [5.41, 5.74) is 2.74. The van der Waals surface area contributed by atoms with Gasteiger partial charge in [-0.2, -0.15) is 0 Å². The van der Waals surface area contributed by atoms with Crippen molar-refractivity contribution in [3.63, 3.8) is 0 Å². The van der Waals surface area contributed by atoms with Crippen LogP contribution in [0, 0.1) is 6.92 Å². The first-order valence-electron chi connectivity index (χ1n) is 11.9. The summed E-state index contributed by atoms with van der Waals surface area (Å²) >= 11 is 0. The largest absolute Gasteiger partial charge is 0.492 e. The third kappa shape index (κ3) is 5.11. The van der Waals surface area contributed by atoms with E-state index in [0.717, 1.165) is 17.5 Å². The van der Waals surface area contributed by atoms with Gasteiger partial charge in [-0.05, 0) is 68.0 Å². The van der Waals surface area contributed by atoms with E-state index in [0.29, 0.717) is 29.3 Å². The molecule has 4 heterocycles. The maximum absolute atomic E-state index is 13.2. The number of carbonyl (C=O) groups excluding carboxylic acids is 2. The molecule has 0 fully saturated rings. The van der Waals surface area contributed by atoms with Crippen molar-refractivity contribution in [3.05, 3.63) is 95.6 Å². The van der Waals surface area contributed by atoms with Crippen LogP contribution in [0.15, 0.2) is 84.5 Å². The molecule has 1 aliphatic heterocycles. The molecule has 0 saturated carbocycles. The summed E-state index contributed by atoms with van der Waals surface area (Å²) in [5.74, 6) is -0.551. The first kappa shape index (κ1) is 23.9. The lowest BCUT2D eigenvalue weighted by Crippen LogP contribution is -2.16. The Morgan fingerprint density at radius 1 is 1.22 bits per heavy atom. The molecule has 1 aromatic carbocycles. The molecule has 0 saturated heterocycles. The lowest BCUT2D eigenvalue weighted by atomic mass is 10.1. The number of aromatic amines is 1. The van der Waals surface area contributed by atoms with Gasteiger partial charge < -0.3 is 29.1 Å². The van der Waals surface area contributed by atoms with Gasteiger partial charge in [0.2, 0.25) is 11.7 Å². The Morgan fingerprint density at radius 2 is 2.05 bits per heavy atom. The monoisotopic (exact) mass is 498 g/mol. The second-order valence-corrected chi connectivity index (χ2v) is 8.38. The SMILES string of the molecule is CCOC(=O)C1=C(Nc2ccc(OCCn3cccc3)cc2C)OC(=Cc2c[nH]c3ncccc23)C1=O. The second-order valence-electron chi connectivity index (χ2n) is 8.38. The van der Waals surface area contributed by atoms with Gasteiger partial charge in [0.05, 0.1) is 13.2 Å². The van der Waals surface area contributed by atoms with Crippen LogP contribution >= 0.6 is 0 Å². The fourth-order valence-electron chi connectivity index (χ4n) is 4.02. The predicted molar refractivity (Wildman–Crippen MR) is 139 cm³/mol. The molecular weight excluding hydrogens is 472 g/mol. The van der Waals surface area contributed by atoms with Gasteiger partial charge in [-0.3, -0.25) is 4.79 Å². The summed E-state index contributed by atoms with van der Waals surface area (Å²) in [6.45, 7) is 4.97. The molecule has 37 heavy (non-hydrogen) atoms. The number of Topliss-reactive ketones (excluding diaryl/α,β-unsaturated/α-hetero) is 1. The Morgan fingerprint density at radius 3 is 2.84 bits per heavy atom. The number of carbonyl (C=O) groups is 2. The average Bonchev–Trinajstić information content (AvgIpc) is 3.62. The number of esters is 1. The van der Waals surface area contributed by atoms with Crippen molar-refractivity contribution >= 4 is 34.5 Å². The maximum Gasteiger partial charge on any atom is 0.347 e. The molecule has 9 heteroatoms. The van der Waals surface area contributed by atoms with Gasteiger partial charge in [0.1, 0.15) is 18.0 Å². The number of benzene rings is 1.